The maximum Gasteiger partial charge on any atom is 0.277 e. The number of nitrogens with one attached hydrogen (secondary N) is 1. The van der Waals surface area contributed by atoms with Gasteiger partial charge in [-0.3, -0.25) is 14.9 Å². The predicted octanol–water partition coefficient (Wildman–Crippen LogP) is 3.52. The van der Waals surface area contributed by atoms with E-state index in [2.05, 4.69) is 26.5 Å². The van der Waals surface area contributed by atoms with Crippen LogP contribution in [0.4, 0.5) is 5.69 Å². The zero-order chi connectivity index (χ0) is 20.1. The maximum absolute atomic E-state index is 11.9. The van der Waals surface area contributed by atoms with Crippen LogP contribution in [0.5, 0.6) is 11.5 Å². The molecule has 0 heterocycles. The number of aryl methyl sites for hydroxylation is 2. The molecule has 0 radical (unpaired) electrons. The lowest BCUT2D eigenvalue weighted by atomic mass is 10.1. The second kappa shape index (κ2) is 8.63. The molecule has 2 rings (SSSR count). The molecule has 2 aromatic rings. The van der Waals surface area contributed by atoms with E-state index in [0.717, 1.165) is 29.0 Å². The lowest BCUT2D eigenvalue weighted by molar-refractivity contribution is -0.385. The van der Waals surface area contributed by atoms with Crippen LogP contribution in [0.25, 0.3) is 0 Å². The van der Waals surface area contributed by atoms with E-state index >= 15 is 0 Å². The van der Waals surface area contributed by atoms with Crippen LogP contribution < -0.4 is 10.2 Å². The molecule has 2 aromatic carbocycles. The first-order valence-electron chi connectivity index (χ1n) is 7.89. The third-order valence-electron chi connectivity index (χ3n) is 3.90. The summed E-state index contributed by atoms with van der Waals surface area (Å²) in [4.78, 5) is 22.2. The summed E-state index contributed by atoms with van der Waals surface area (Å²) in [5.41, 5.74) is 5.05. The number of aromatic hydroxyl groups is 1. The molecule has 142 valence electrons. The van der Waals surface area contributed by atoms with E-state index in [4.69, 9.17) is 4.74 Å². The molecule has 0 aromatic heterocycles. The Morgan fingerprint density at radius 2 is 2.00 bits per heavy atom. The van der Waals surface area contributed by atoms with Gasteiger partial charge >= 0.3 is 0 Å². The fraction of sp³-hybridized carbons (Fsp3) is 0.222. The first-order chi connectivity index (χ1) is 12.7. The van der Waals surface area contributed by atoms with Crippen LogP contribution in [0.1, 0.15) is 22.3 Å². The van der Waals surface area contributed by atoms with Crippen molar-refractivity contribution in [3.8, 4) is 11.5 Å². The number of hydrogen-bond donors (Lipinski definition) is 2. The molecular formula is C18H18BrN3O5. The highest BCUT2D eigenvalue weighted by Crippen LogP contribution is 2.31. The number of phenols is 1. The smallest absolute Gasteiger partial charge is 0.277 e. The van der Waals surface area contributed by atoms with E-state index < -0.39 is 10.8 Å². The molecule has 0 aliphatic heterocycles. The molecule has 8 nitrogen and oxygen atoms in total. The second-order valence-corrected chi connectivity index (χ2v) is 6.71. The molecule has 0 saturated heterocycles. The van der Waals surface area contributed by atoms with E-state index in [1.807, 2.05) is 32.9 Å². The number of phenolic OH excluding ortho intramolecular Hbond substituents is 1. The maximum atomic E-state index is 11.9. The average Bonchev–Trinajstić information content (AvgIpc) is 2.61. The highest BCUT2D eigenvalue weighted by Gasteiger charge is 2.14. The van der Waals surface area contributed by atoms with Crippen molar-refractivity contribution >= 4 is 33.7 Å². The monoisotopic (exact) mass is 435 g/mol. The summed E-state index contributed by atoms with van der Waals surface area (Å²) in [6.45, 7) is 5.51. The Morgan fingerprint density at radius 1 is 1.33 bits per heavy atom. The largest absolute Gasteiger partial charge is 0.506 e. The van der Waals surface area contributed by atoms with E-state index in [1.165, 1.54) is 6.07 Å². The number of amides is 1. The number of nitrogens with zero attached hydrogens (tertiary/aromatic N) is 2. The summed E-state index contributed by atoms with van der Waals surface area (Å²) in [6.07, 6.45) is 1.12. The number of hydrogen-bond acceptors (Lipinski definition) is 6. The Morgan fingerprint density at radius 3 is 2.67 bits per heavy atom. The molecule has 0 bridgehead atoms. The molecular weight excluding hydrogens is 418 g/mol. The average molecular weight is 436 g/mol. The van der Waals surface area contributed by atoms with Crippen molar-refractivity contribution in [1.82, 2.24) is 5.43 Å². The van der Waals surface area contributed by atoms with Gasteiger partial charge in [0.25, 0.3) is 11.6 Å². The topological polar surface area (TPSA) is 114 Å². The first-order valence-corrected chi connectivity index (χ1v) is 8.68. The summed E-state index contributed by atoms with van der Waals surface area (Å²) in [6, 6.07) is 6.21. The Hall–Kier alpha value is -2.94. The number of carbonyl (C=O) groups excluding carboxylic acids is 1. The lowest BCUT2D eigenvalue weighted by Gasteiger charge is -2.13. The van der Waals surface area contributed by atoms with Gasteiger partial charge in [-0.2, -0.15) is 5.10 Å². The third kappa shape index (κ3) is 5.04. The van der Waals surface area contributed by atoms with Crippen LogP contribution in [0.2, 0.25) is 0 Å². The van der Waals surface area contributed by atoms with Gasteiger partial charge in [0.05, 0.1) is 15.6 Å². The SMILES string of the molecule is Cc1ccc(C)c(OCC(=O)N/N=C\c2cc([N+](=O)[O-])cc(Br)c2O)c1C. The highest BCUT2D eigenvalue weighted by atomic mass is 79.9. The van der Waals surface area contributed by atoms with Gasteiger partial charge in [-0.05, 0) is 53.4 Å². The minimum absolute atomic E-state index is 0.0858. The summed E-state index contributed by atoms with van der Waals surface area (Å²) in [7, 11) is 0. The van der Waals surface area contributed by atoms with Crippen molar-refractivity contribution in [1.29, 1.82) is 0 Å². The van der Waals surface area contributed by atoms with Crippen molar-refractivity contribution in [2.24, 2.45) is 5.10 Å². The van der Waals surface area contributed by atoms with E-state index in [0.29, 0.717) is 5.75 Å². The van der Waals surface area contributed by atoms with Crippen LogP contribution in [-0.2, 0) is 4.79 Å². The molecule has 0 unspecified atom stereocenters. The number of non-ortho nitro benzene ring substituents is 1. The third-order valence-corrected chi connectivity index (χ3v) is 4.51. The van der Waals surface area contributed by atoms with Gasteiger partial charge in [-0.15, -0.1) is 0 Å². The van der Waals surface area contributed by atoms with Gasteiger partial charge in [0.15, 0.2) is 6.61 Å². The van der Waals surface area contributed by atoms with Crippen LogP contribution >= 0.6 is 15.9 Å². The van der Waals surface area contributed by atoms with Crippen molar-refractivity contribution < 1.29 is 19.6 Å². The molecule has 0 saturated carbocycles. The number of hydrazone groups is 1. The fourth-order valence-corrected chi connectivity index (χ4v) is 2.76. The zero-order valence-corrected chi connectivity index (χ0v) is 16.5. The minimum atomic E-state index is -0.597. The summed E-state index contributed by atoms with van der Waals surface area (Å²) in [5, 5.41) is 24.5. The molecule has 0 aliphatic rings. The van der Waals surface area contributed by atoms with E-state index in [1.54, 1.807) is 0 Å². The van der Waals surface area contributed by atoms with Gasteiger partial charge in [-0.25, -0.2) is 5.43 Å². The Kier molecular flexibility index (Phi) is 6.51. The van der Waals surface area contributed by atoms with Crippen molar-refractivity contribution in [3.63, 3.8) is 0 Å². The molecule has 0 atom stereocenters. The van der Waals surface area contributed by atoms with Gasteiger partial charge in [0.1, 0.15) is 11.5 Å². The Balaban J connectivity index is 2.02. The summed E-state index contributed by atoms with van der Waals surface area (Å²) >= 11 is 3.03. The normalized spacial score (nSPS) is 10.8. The zero-order valence-electron chi connectivity index (χ0n) is 14.9. The Bertz CT molecular complexity index is 928. The standard InChI is InChI=1S/C18H18BrN3O5/c1-10-4-5-11(2)18(12(10)3)27-9-16(23)21-20-8-13-6-14(22(25)26)7-15(19)17(13)24/h4-8,24H,9H2,1-3H3,(H,21,23)/b20-8-. The molecule has 27 heavy (non-hydrogen) atoms. The number of halogens is 1. The number of carbonyl (C=O) groups is 1. The molecule has 1 amide bonds. The van der Waals surface area contributed by atoms with Crippen LogP contribution in [-0.4, -0.2) is 28.8 Å². The number of nitro groups is 1. The summed E-state index contributed by atoms with van der Waals surface area (Å²) in [5.74, 6) is -0.0780. The van der Waals surface area contributed by atoms with Gasteiger partial charge in [0, 0.05) is 17.7 Å². The number of benzene rings is 2. The van der Waals surface area contributed by atoms with Gasteiger partial charge in [-0.1, -0.05) is 12.1 Å². The number of rotatable bonds is 6. The van der Waals surface area contributed by atoms with E-state index in [9.17, 15) is 20.0 Å². The van der Waals surface area contributed by atoms with Crippen molar-refractivity contribution in [2.75, 3.05) is 6.61 Å². The molecule has 9 heteroatoms. The highest BCUT2D eigenvalue weighted by molar-refractivity contribution is 9.10. The van der Waals surface area contributed by atoms with Crippen LogP contribution in [0.15, 0.2) is 33.8 Å². The quantitative estimate of drug-likeness (QED) is 0.409. The summed E-state index contributed by atoms with van der Waals surface area (Å²) < 4.78 is 5.73. The Labute approximate surface area is 164 Å². The molecule has 0 fully saturated rings. The number of ether oxygens (including phenoxy) is 1. The van der Waals surface area contributed by atoms with Crippen LogP contribution in [0.3, 0.4) is 0 Å². The lowest BCUT2D eigenvalue weighted by Crippen LogP contribution is -2.25. The molecule has 2 N–H and O–H groups in total. The van der Waals surface area contributed by atoms with Crippen molar-refractivity contribution in [3.05, 3.63) is 61.1 Å². The fourth-order valence-electron chi connectivity index (χ4n) is 2.30. The first kappa shape index (κ1) is 20.4. The van der Waals surface area contributed by atoms with Crippen molar-refractivity contribution in [2.45, 2.75) is 20.8 Å². The van der Waals surface area contributed by atoms with E-state index in [-0.39, 0.29) is 28.1 Å². The molecule has 0 aliphatic carbocycles. The van der Waals surface area contributed by atoms with Gasteiger partial charge in [0.2, 0.25) is 0 Å². The second-order valence-electron chi connectivity index (χ2n) is 5.86. The minimum Gasteiger partial charge on any atom is -0.506 e. The van der Waals surface area contributed by atoms with Gasteiger partial charge < -0.3 is 9.84 Å². The molecule has 0 spiro atoms. The predicted molar refractivity (Wildman–Crippen MR) is 104 cm³/mol. The van der Waals surface area contributed by atoms with Crippen LogP contribution in [0, 0.1) is 30.9 Å². The number of nitro benzene ring substituents is 1.